The van der Waals surface area contributed by atoms with Gasteiger partial charge in [-0.2, -0.15) is 0 Å². The number of benzene rings is 1. The first-order valence-corrected chi connectivity index (χ1v) is 6.85. The van der Waals surface area contributed by atoms with Crippen molar-refractivity contribution in [3.8, 4) is 11.4 Å². The molecule has 3 rings (SSSR count). The fourth-order valence-corrected chi connectivity index (χ4v) is 2.27. The largest absolute Gasteiger partial charge is 0.373 e. The van der Waals surface area contributed by atoms with Gasteiger partial charge in [0.05, 0.1) is 6.54 Å². The molecule has 0 radical (unpaired) electrons. The third-order valence-corrected chi connectivity index (χ3v) is 3.22. The number of nitrogens with one attached hydrogen (secondary N) is 1. The molecule has 5 heteroatoms. The van der Waals surface area contributed by atoms with Crippen molar-refractivity contribution in [1.82, 2.24) is 19.5 Å². The molecule has 0 atom stereocenters. The molecule has 0 saturated carbocycles. The number of hydrogen-bond donors (Lipinski definition) is 1. The van der Waals surface area contributed by atoms with Crippen LogP contribution in [0.2, 0.25) is 0 Å². The van der Waals surface area contributed by atoms with Gasteiger partial charge in [0.15, 0.2) is 5.82 Å². The summed E-state index contributed by atoms with van der Waals surface area (Å²) in [6, 6.07) is 12.0. The fraction of sp³-hybridized carbons (Fsp3) is 0.188. The van der Waals surface area contributed by atoms with E-state index in [0.717, 1.165) is 28.7 Å². The predicted octanol–water partition coefficient (Wildman–Crippen LogP) is 2.74. The maximum atomic E-state index is 4.49. The van der Waals surface area contributed by atoms with Gasteiger partial charge in [0.2, 0.25) is 0 Å². The van der Waals surface area contributed by atoms with E-state index in [1.54, 1.807) is 6.20 Å². The van der Waals surface area contributed by atoms with Crippen LogP contribution in [0.15, 0.2) is 48.8 Å². The summed E-state index contributed by atoms with van der Waals surface area (Å²) in [6.07, 6.45) is 3.75. The highest BCUT2D eigenvalue weighted by Crippen LogP contribution is 2.17. The molecule has 2 heterocycles. The maximum absolute atomic E-state index is 4.49. The lowest BCUT2D eigenvalue weighted by Gasteiger charge is -2.09. The summed E-state index contributed by atoms with van der Waals surface area (Å²) in [5.74, 6) is 2.53. The first-order chi connectivity index (χ1) is 10.3. The molecule has 0 aliphatic rings. The molecule has 0 unspecified atom stereocenters. The Hall–Kier alpha value is -2.69. The molecule has 0 aliphatic heterocycles. The number of hydrogen-bond acceptors (Lipinski definition) is 4. The number of rotatable bonds is 4. The van der Waals surface area contributed by atoms with Crippen LogP contribution in [0.25, 0.3) is 11.4 Å². The van der Waals surface area contributed by atoms with Gasteiger partial charge in [-0.1, -0.05) is 30.3 Å². The summed E-state index contributed by atoms with van der Waals surface area (Å²) in [5.41, 5.74) is 2.04. The first kappa shape index (κ1) is 13.3. The number of nitrogens with zero attached hydrogens (tertiary/aromatic N) is 4. The van der Waals surface area contributed by atoms with E-state index in [4.69, 9.17) is 0 Å². The van der Waals surface area contributed by atoms with Crippen LogP contribution in [0.4, 0.5) is 5.82 Å². The van der Waals surface area contributed by atoms with Gasteiger partial charge in [-0.15, -0.1) is 0 Å². The molecule has 3 aromatic rings. The molecule has 106 valence electrons. The molecule has 0 spiro atoms. The average Bonchev–Trinajstić information content (AvgIpc) is 2.95. The standard InChI is InChI=1S/C16H17N5/c1-12-10-14(17-2)20-15(19-12)11-21-9-8-18-16(21)13-6-4-3-5-7-13/h3-10H,11H2,1-2H3,(H,17,19,20). The molecule has 0 bridgehead atoms. The van der Waals surface area contributed by atoms with Crippen LogP contribution in [0.5, 0.6) is 0 Å². The Kier molecular flexibility index (Phi) is 3.64. The van der Waals surface area contributed by atoms with E-state index in [0.29, 0.717) is 6.54 Å². The van der Waals surface area contributed by atoms with E-state index < -0.39 is 0 Å². The van der Waals surface area contributed by atoms with Crippen LogP contribution < -0.4 is 5.32 Å². The van der Waals surface area contributed by atoms with Crippen LogP contribution in [0.1, 0.15) is 11.5 Å². The predicted molar refractivity (Wildman–Crippen MR) is 83.1 cm³/mol. The van der Waals surface area contributed by atoms with Gasteiger partial charge in [-0.05, 0) is 6.92 Å². The van der Waals surface area contributed by atoms with Crippen LogP contribution in [-0.4, -0.2) is 26.6 Å². The fourth-order valence-electron chi connectivity index (χ4n) is 2.27. The summed E-state index contributed by atoms with van der Waals surface area (Å²) in [7, 11) is 1.86. The van der Waals surface area contributed by atoms with Crippen LogP contribution in [0, 0.1) is 6.92 Å². The first-order valence-electron chi connectivity index (χ1n) is 6.85. The average molecular weight is 279 g/mol. The van der Waals surface area contributed by atoms with Gasteiger partial charge >= 0.3 is 0 Å². The monoisotopic (exact) mass is 279 g/mol. The minimum absolute atomic E-state index is 0.598. The molecule has 0 fully saturated rings. The number of imidazole rings is 1. The second-order valence-electron chi connectivity index (χ2n) is 4.81. The van der Waals surface area contributed by atoms with E-state index in [1.165, 1.54) is 0 Å². The Labute approximate surface area is 123 Å². The van der Waals surface area contributed by atoms with Crippen LogP contribution in [0.3, 0.4) is 0 Å². The quantitative estimate of drug-likeness (QED) is 0.798. The smallest absolute Gasteiger partial charge is 0.150 e. The van der Waals surface area contributed by atoms with Crippen LogP contribution in [-0.2, 0) is 6.54 Å². The molecule has 2 aromatic heterocycles. The molecular weight excluding hydrogens is 262 g/mol. The highest BCUT2D eigenvalue weighted by atomic mass is 15.1. The molecule has 21 heavy (non-hydrogen) atoms. The molecule has 0 aliphatic carbocycles. The molecule has 1 N–H and O–H groups in total. The topological polar surface area (TPSA) is 55.6 Å². The van der Waals surface area contributed by atoms with Gasteiger partial charge in [-0.3, -0.25) is 0 Å². The van der Waals surface area contributed by atoms with Crippen molar-refractivity contribution < 1.29 is 0 Å². The second-order valence-corrected chi connectivity index (χ2v) is 4.81. The minimum atomic E-state index is 0.598. The lowest BCUT2D eigenvalue weighted by Crippen LogP contribution is -2.08. The highest BCUT2D eigenvalue weighted by Gasteiger charge is 2.08. The molecule has 5 nitrogen and oxygen atoms in total. The normalized spacial score (nSPS) is 10.6. The summed E-state index contributed by atoms with van der Waals surface area (Å²) in [5, 5.41) is 3.06. The Morgan fingerprint density at radius 2 is 1.95 bits per heavy atom. The lowest BCUT2D eigenvalue weighted by atomic mass is 10.2. The summed E-state index contributed by atoms with van der Waals surface area (Å²) in [6.45, 7) is 2.57. The molecular formula is C16H17N5. The number of anilines is 1. The summed E-state index contributed by atoms with van der Waals surface area (Å²) in [4.78, 5) is 13.4. The molecule has 1 aromatic carbocycles. The SMILES string of the molecule is CNc1cc(C)nc(Cn2ccnc2-c2ccccc2)n1. The molecule has 0 amide bonds. The van der Waals surface area contributed by atoms with Crippen molar-refractivity contribution in [1.29, 1.82) is 0 Å². The van der Waals surface area contributed by atoms with Crippen molar-refractivity contribution in [2.24, 2.45) is 0 Å². The van der Waals surface area contributed by atoms with Gasteiger partial charge in [-0.25, -0.2) is 15.0 Å². The van der Waals surface area contributed by atoms with Crippen molar-refractivity contribution in [2.75, 3.05) is 12.4 Å². The van der Waals surface area contributed by atoms with Gasteiger partial charge < -0.3 is 9.88 Å². The molecule has 0 saturated heterocycles. The van der Waals surface area contributed by atoms with Gasteiger partial charge in [0, 0.05) is 36.8 Å². The zero-order valence-corrected chi connectivity index (χ0v) is 12.1. The Bertz CT molecular complexity index is 733. The van der Waals surface area contributed by atoms with E-state index in [1.807, 2.05) is 44.4 Å². The summed E-state index contributed by atoms with van der Waals surface area (Å²) < 4.78 is 2.06. The highest BCUT2D eigenvalue weighted by molar-refractivity contribution is 5.55. The van der Waals surface area contributed by atoms with E-state index in [9.17, 15) is 0 Å². The van der Waals surface area contributed by atoms with Gasteiger partial charge in [0.1, 0.15) is 11.6 Å². The summed E-state index contributed by atoms with van der Waals surface area (Å²) >= 11 is 0. The zero-order valence-electron chi connectivity index (χ0n) is 12.1. The third kappa shape index (κ3) is 2.91. The Morgan fingerprint density at radius 3 is 2.71 bits per heavy atom. The lowest BCUT2D eigenvalue weighted by molar-refractivity contribution is 0.746. The van der Waals surface area contributed by atoms with Crippen molar-refractivity contribution >= 4 is 5.82 Å². The zero-order chi connectivity index (χ0) is 14.7. The number of aryl methyl sites for hydroxylation is 1. The maximum Gasteiger partial charge on any atom is 0.150 e. The van der Waals surface area contributed by atoms with E-state index >= 15 is 0 Å². The Morgan fingerprint density at radius 1 is 1.14 bits per heavy atom. The van der Waals surface area contributed by atoms with Crippen LogP contribution >= 0.6 is 0 Å². The second kappa shape index (κ2) is 5.75. The van der Waals surface area contributed by atoms with E-state index in [-0.39, 0.29) is 0 Å². The third-order valence-electron chi connectivity index (χ3n) is 3.22. The van der Waals surface area contributed by atoms with Crippen molar-refractivity contribution in [3.05, 3.63) is 60.3 Å². The van der Waals surface area contributed by atoms with E-state index in [2.05, 4.69) is 37.0 Å². The number of aromatic nitrogens is 4. The van der Waals surface area contributed by atoms with Crippen molar-refractivity contribution in [3.63, 3.8) is 0 Å². The minimum Gasteiger partial charge on any atom is -0.373 e. The van der Waals surface area contributed by atoms with Crippen molar-refractivity contribution in [2.45, 2.75) is 13.5 Å². The van der Waals surface area contributed by atoms with Gasteiger partial charge in [0.25, 0.3) is 0 Å². The Balaban J connectivity index is 1.93.